The highest BCUT2D eigenvalue weighted by molar-refractivity contribution is 5.69. The molecule has 0 aliphatic carbocycles. The normalized spacial score (nSPS) is 21.1. The molecule has 6 atom stereocenters. The lowest BCUT2D eigenvalue weighted by Gasteiger charge is -2.39. The SMILES string of the molecule is CCCCCCCC/C=C\CCCCCCCCOCC(COC1OC(CO)C(O)C(O)C1O)OC(=O)CCCCCCCCCCCCCCCC. The summed E-state index contributed by atoms with van der Waals surface area (Å²) < 4.78 is 22.8. The first kappa shape index (κ1) is 49.9. The fraction of sp³-hybridized carbons (Fsp3) is 0.932. The van der Waals surface area contributed by atoms with Crippen LogP contribution < -0.4 is 0 Å². The summed E-state index contributed by atoms with van der Waals surface area (Å²) in [5, 5.41) is 40.1. The molecule has 9 nitrogen and oxygen atoms in total. The van der Waals surface area contributed by atoms with Crippen LogP contribution >= 0.6 is 0 Å². The number of esters is 1. The smallest absolute Gasteiger partial charge is 0.306 e. The van der Waals surface area contributed by atoms with Crippen LogP contribution in [0.1, 0.15) is 200 Å². The van der Waals surface area contributed by atoms with Gasteiger partial charge in [0.25, 0.3) is 0 Å². The second-order valence-corrected chi connectivity index (χ2v) is 15.5. The quantitative estimate of drug-likeness (QED) is 0.0276. The van der Waals surface area contributed by atoms with Gasteiger partial charge >= 0.3 is 5.97 Å². The average molecular weight is 757 g/mol. The highest BCUT2D eigenvalue weighted by atomic mass is 16.7. The number of hydrogen-bond donors (Lipinski definition) is 4. The van der Waals surface area contributed by atoms with Crippen molar-refractivity contribution in [3.05, 3.63) is 12.2 Å². The summed E-state index contributed by atoms with van der Waals surface area (Å²) in [6.07, 6.45) is 32.3. The Balaban J connectivity index is 2.27. The molecule has 1 heterocycles. The first-order chi connectivity index (χ1) is 25.9. The van der Waals surface area contributed by atoms with E-state index in [1.54, 1.807) is 0 Å². The second-order valence-electron chi connectivity index (χ2n) is 15.5. The maximum absolute atomic E-state index is 12.7. The summed E-state index contributed by atoms with van der Waals surface area (Å²) in [5.74, 6) is -0.313. The highest BCUT2D eigenvalue weighted by Crippen LogP contribution is 2.22. The molecule has 6 unspecified atom stereocenters. The first-order valence-electron chi connectivity index (χ1n) is 22.3. The molecule has 1 fully saturated rings. The summed E-state index contributed by atoms with van der Waals surface area (Å²) in [6.45, 7) is 4.56. The fourth-order valence-electron chi connectivity index (χ4n) is 6.90. The van der Waals surface area contributed by atoms with Crippen molar-refractivity contribution >= 4 is 5.97 Å². The number of unbranched alkanes of at least 4 members (excludes halogenated alkanes) is 25. The van der Waals surface area contributed by atoms with Gasteiger partial charge in [-0.15, -0.1) is 0 Å². The minimum atomic E-state index is -1.53. The molecule has 9 heteroatoms. The number of hydrogen-bond acceptors (Lipinski definition) is 9. The highest BCUT2D eigenvalue weighted by Gasteiger charge is 2.44. The van der Waals surface area contributed by atoms with E-state index in [9.17, 15) is 25.2 Å². The van der Waals surface area contributed by atoms with Crippen LogP contribution in [0.25, 0.3) is 0 Å². The van der Waals surface area contributed by atoms with Crippen LogP contribution in [0.4, 0.5) is 0 Å². The molecule has 4 N–H and O–H groups in total. The molecule has 0 amide bonds. The van der Waals surface area contributed by atoms with E-state index in [4.69, 9.17) is 18.9 Å². The van der Waals surface area contributed by atoms with Crippen LogP contribution in [-0.4, -0.2) is 89.6 Å². The van der Waals surface area contributed by atoms with Crippen molar-refractivity contribution in [3.8, 4) is 0 Å². The predicted octanol–water partition coefficient (Wildman–Crippen LogP) is 9.64. The number of rotatable bonds is 38. The van der Waals surface area contributed by atoms with Crippen molar-refractivity contribution in [3.63, 3.8) is 0 Å². The van der Waals surface area contributed by atoms with Crippen LogP contribution in [0.15, 0.2) is 12.2 Å². The largest absolute Gasteiger partial charge is 0.457 e. The van der Waals surface area contributed by atoms with Gasteiger partial charge in [0.1, 0.15) is 30.5 Å². The van der Waals surface area contributed by atoms with Gasteiger partial charge in [-0.2, -0.15) is 0 Å². The molecule has 0 saturated carbocycles. The Kier molecular flexibility index (Phi) is 34.5. The molecule has 0 aromatic carbocycles. The molecule has 1 saturated heterocycles. The zero-order valence-electron chi connectivity index (χ0n) is 34.3. The van der Waals surface area contributed by atoms with E-state index in [1.165, 1.54) is 148 Å². The maximum Gasteiger partial charge on any atom is 0.306 e. The van der Waals surface area contributed by atoms with Crippen molar-refractivity contribution in [2.24, 2.45) is 0 Å². The van der Waals surface area contributed by atoms with E-state index in [-0.39, 0.29) is 19.2 Å². The summed E-state index contributed by atoms with van der Waals surface area (Å²) in [7, 11) is 0. The second kappa shape index (κ2) is 36.6. The summed E-state index contributed by atoms with van der Waals surface area (Å²) in [5.41, 5.74) is 0. The molecule has 1 rings (SSSR count). The van der Waals surface area contributed by atoms with E-state index >= 15 is 0 Å². The van der Waals surface area contributed by atoms with E-state index in [2.05, 4.69) is 26.0 Å². The van der Waals surface area contributed by atoms with Gasteiger partial charge in [-0.25, -0.2) is 0 Å². The Morgan fingerprint density at radius 3 is 1.53 bits per heavy atom. The van der Waals surface area contributed by atoms with Gasteiger partial charge in [-0.05, 0) is 38.5 Å². The maximum atomic E-state index is 12.7. The zero-order chi connectivity index (χ0) is 38.6. The number of aliphatic hydroxyl groups excluding tert-OH is 4. The zero-order valence-corrected chi connectivity index (χ0v) is 34.3. The predicted molar refractivity (Wildman–Crippen MR) is 215 cm³/mol. The Morgan fingerprint density at radius 2 is 1.04 bits per heavy atom. The average Bonchev–Trinajstić information content (AvgIpc) is 3.16. The summed E-state index contributed by atoms with van der Waals surface area (Å²) in [6, 6.07) is 0. The number of aliphatic hydroxyl groups is 4. The van der Waals surface area contributed by atoms with Gasteiger partial charge < -0.3 is 39.4 Å². The van der Waals surface area contributed by atoms with Crippen molar-refractivity contribution in [2.45, 2.75) is 237 Å². The molecule has 0 bridgehead atoms. The molecule has 1 aliphatic heterocycles. The van der Waals surface area contributed by atoms with Crippen molar-refractivity contribution < 1.29 is 44.2 Å². The van der Waals surface area contributed by atoms with Gasteiger partial charge in [0.2, 0.25) is 0 Å². The van der Waals surface area contributed by atoms with E-state index in [1.807, 2.05) is 0 Å². The lowest BCUT2D eigenvalue weighted by molar-refractivity contribution is -0.305. The van der Waals surface area contributed by atoms with Crippen molar-refractivity contribution in [2.75, 3.05) is 26.4 Å². The topological polar surface area (TPSA) is 135 Å². The molecule has 0 radical (unpaired) electrons. The molecule has 314 valence electrons. The minimum Gasteiger partial charge on any atom is -0.457 e. The van der Waals surface area contributed by atoms with Crippen molar-refractivity contribution in [1.29, 1.82) is 0 Å². The van der Waals surface area contributed by atoms with Gasteiger partial charge in [0.05, 0.1) is 19.8 Å². The summed E-state index contributed by atoms with van der Waals surface area (Å²) in [4.78, 5) is 12.7. The molecular weight excluding hydrogens is 672 g/mol. The lowest BCUT2D eigenvalue weighted by Crippen LogP contribution is -2.59. The standard InChI is InChI=1S/C44H84O9/c1-3-5-7-9-11-13-15-17-19-20-22-24-26-28-30-32-34-50-36-38(37-51-44-43(49)42(48)41(47)39(35-45)53-44)52-40(46)33-31-29-27-25-23-21-18-16-14-12-10-8-6-4-2/h17,19,38-39,41-45,47-49H,3-16,18,20-37H2,1-2H3/b19-17-. The van der Waals surface area contributed by atoms with Gasteiger partial charge in [-0.1, -0.05) is 167 Å². The fourth-order valence-corrected chi connectivity index (χ4v) is 6.90. The number of carbonyl (C=O) groups excluding carboxylic acids is 1. The van der Waals surface area contributed by atoms with Gasteiger partial charge in [0.15, 0.2) is 6.29 Å². The van der Waals surface area contributed by atoms with Crippen LogP contribution in [-0.2, 0) is 23.7 Å². The minimum absolute atomic E-state index is 0.111. The van der Waals surface area contributed by atoms with E-state index in [0.29, 0.717) is 13.0 Å². The Labute approximate surface area is 325 Å². The molecule has 1 aliphatic rings. The van der Waals surface area contributed by atoms with E-state index in [0.717, 1.165) is 32.1 Å². The monoisotopic (exact) mass is 757 g/mol. The van der Waals surface area contributed by atoms with Crippen molar-refractivity contribution in [1.82, 2.24) is 0 Å². The third-order valence-corrected chi connectivity index (χ3v) is 10.4. The molecule has 0 spiro atoms. The third kappa shape index (κ3) is 28.1. The Bertz CT molecular complexity index is 823. The Morgan fingerprint density at radius 1 is 0.585 bits per heavy atom. The number of carbonyl (C=O) groups is 1. The molecule has 0 aromatic heterocycles. The number of allylic oxidation sites excluding steroid dienone is 2. The van der Waals surface area contributed by atoms with Gasteiger partial charge in [0, 0.05) is 13.0 Å². The summed E-state index contributed by atoms with van der Waals surface area (Å²) >= 11 is 0. The number of ether oxygens (including phenoxy) is 4. The lowest BCUT2D eigenvalue weighted by atomic mass is 9.99. The molecular formula is C44H84O9. The van der Waals surface area contributed by atoms with Crippen LogP contribution in [0, 0.1) is 0 Å². The molecule has 0 aromatic rings. The van der Waals surface area contributed by atoms with Crippen LogP contribution in [0.5, 0.6) is 0 Å². The van der Waals surface area contributed by atoms with Gasteiger partial charge in [-0.3, -0.25) is 4.79 Å². The van der Waals surface area contributed by atoms with E-state index < -0.39 is 43.4 Å². The molecule has 53 heavy (non-hydrogen) atoms. The van der Waals surface area contributed by atoms with Crippen LogP contribution in [0.2, 0.25) is 0 Å². The van der Waals surface area contributed by atoms with Crippen LogP contribution in [0.3, 0.4) is 0 Å². The third-order valence-electron chi connectivity index (χ3n) is 10.4. The Hall–Kier alpha value is -1.07. The first-order valence-corrected chi connectivity index (χ1v) is 22.3.